The zero-order valence-corrected chi connectivity index (χ0v) is 10.1. The second-order valence-electron chi connectivity index (χ2n) is 4.42. The summed E-state index contributed by atoms with van der Waals surface area (Å²) in [6, 6.07) is 4.44. The molecule has 0 saturated carbocycles. The smallest absolute Gasteiger partial charge is 0.270 e. The predicted octanol–water partition coefficient (Wildman–Crippen LogP) is 0.995. The molecule has 1 fully saturated rings. The standard InChI is InChI=1S/C12H15N3O3/c1-8-2-3-10(15(17)18)6-11(8)12(16)14-9-4-5-13-7-9/h2-3,6,9,13H,4-5,7H2,1H3,(H,14,16)/t9-/m0/s1. The van der Waals surface area contributed by atoms with Crippen LogP contribution in [-0.4, -0.2) is 30.0 Å². The summed E-state index contributed by atoms with van der Waals surface area (Å²) in [7, 11) is 0. The summed E-state index contributed by atoms with van der Waals surface area (Å²) in [6.45, 7) is 3.41. The fourth-order valence-electron chi connectivity index (χ4n) is 2.01. The molecule has 0 bridgehead atoms. The Balaban J connectivity index is 2.17. The van der Waals surface area contributed by atoms with E-state index in [9.17, 15) is 14.9 Å². The number of hydrogen-bond acceptors (Lipinski definition) is 4. The van der Waals surface area contributed by atoms with Gasteiger partial charge in [0.1, 0.15) is 0 Å². The first-order valence-corrected chi connectivity index (χ1v) is 5.84. The molecule has 2 rings (SSSR count). The summed E-state index contributed by atoms with van der Waals surface area (Å²) in [5, 5.41) is 16.7. The van der Waals surface area contributed by atoms with E-state index < -0.39 is 4.92 Å². The monoisotopic (exact) mass is 249 g/mol. The minimum Gasteiger partial charge on any atom is -0.348 e. The van der Waals surface area contributed by atoms with E-state index in [4.69, 9.17) is 0 Å². The molecule has 1 aromatic rings. The van der Waals surface area contributed by atoms with Crippen LogP contribution in [0.3, 0.4) is 0 Å². The molecule has 0 unspecified atom stereocenters. The molecule has 1 heterocycles. The number of nitro groups is 1. The molecule has 0 spiro atoms. The number of amides is 1. The van der Waals surface area contributed by atoms with Gasteiger partial charge in [0.05, 0.1) is 4.92 Å². The summed E-state index contributed by atoms with van der Waals surface area (Å²) in [4.78, 5) is 22.2. The molecule has 6 nitrogen and oxygen atoms in total. The Bertz CT molecular complexity index is 481. The zero-order chi connectivity index (χ0) is 13.1. The number of benzene rings is 1. The highest BCUT2D eigenvalue weighted by Gasteiger charge is 2.20. The van der Waals surface area contributed by atoms with Gasteiger partial charge in [0.2, 0.25) is 0 Å². The molecule has 0 aromatic heterocycles. The molecule has 6 heteroatoms. The van der Waals surface area contributed by atoms with Gasteiger partial charge in [-0.25, -0.2) is 0 Å². The van der Waals surface area contributed by atoms with Crippen LogP contribution < -0.4 is 10.6 Å². The lowest BCUT2D eigenvalue weighted by Crippen LogP contribution is -2.36. The Hall–Kier alpha value is -1.95. The van der Waals surface area contributed by atoms with Crippen molar-refractivity contribution in [1.29, 1.82) is 0 Å². The second kappa shape index (κ2) is 5.14. The molecule has 0 aliphatic carbocycles. The molecule has 1 aromatic carbocycles. The molecule has 96 valence electrons. The quantitative estimate of drug-likeness (QED) is 0.618. The van der Waals surface area contributed by atoms with Crippen molar-refractivity contribution < 1.29 is 9.72 Å². The van der Waals surface area contributed by atoms with Gasteiger partial charge in [-0.05, 0) is 25.5 Å². The lowest BCUT2D eigenvalue weighted by Gasteiger charge is -2.12. The third-order valence-electron chi connectivity index (χ3n) is 3.07. The van der Waals surface area contributed by atoms with Gasteiger partial charge in [-0.15, -0.1) is 0 Å². The number of nitro benzene ring substituents is 1. The number of non-ortho nitro benzene ring substituents is 1. The average molecular weight is 249 g/mol. The lowest BCUT2D eigenvalue weighted by atomic mass is 10.1. The van der Waals surface area contributed by atoms with E-state index in [0.29, 0.717) is 5.56 Å². The SMILES string of the molecule is Cc1ccc([N+](=O)[O-])cc1C(=O)N[C@H]1CCNC1. The first kappa shape index (κ1) is 12.5. The van der Waals surface area contributed by atoms with E-state index >= 15 is 0 Å². The molecule has 2 N–H and O–H groups in total. The maximum atomic E-state index is 12.0. The number of carbonyl (C=O) groups excluding carboxylic acids is 1. The Morgan fingerprint density at radius 2 is 2.33 bits per heavy atom. The van der Waals surface area contributed by atoms with Crippen LogP contribution in [-0.2, 0) is 0 Å². The number of aryl methyl sites for hydroxylation is 1. The fraction of sp³-hybridized carbons (Fsp3) is 0.417. The van der Waals surface area contributed by atoms with Crippen molar-refractivity contribution in [3.8, 4) is 0 Å². The van der Waals surface area contributed by atoms with Crippen molar-refractivity contribution in [3.63, 3.8) is 0 Å². The normalized spacial score (nSPS) is 18.6. The molecule has 1 amide bonds. The number of nitrogens with one attached hydrogen (secondary N) is 2. The Morgan fingerprint density at radius 1 is 1.56 bits per heavy atom. The summed E-state index contributed by atoms with van der Waals surface area (Å²) in [6.07, 6.45) is 0.889. The van der Waals surface area contributed by atoms with Crippen molar-refractivity contribution in [2.45, 2.75) is 19.4 Å². The molecule has 18 heavy (non-hydrogen) atoms. The highest BCUT2D eigenvalue weighted by molar-refractivity contribution is 5.96. The zero-order valence-electron chi connectivity index (χ0n) is 10.1. The van der Waals surface area contributed by atoms with Gasteiger partial charge >= 0.3 is 0 Å². The van der Waals surface area contributed by atoms with Gasteiger partial charge in [0.15, 0.2) is 0 Å². The summed E-state index contributed by atoms with van der Waals surface area (Å²) < 4.78 is 0. The molecule has 1 atom stereocenters. The highest BCUT2D eigenvalue weighted by atomic mass is 16.6. The van der Waals surface area contributed by atoms with Crippen LogP contribution in [0.4, 0.5) is 5.69 Å². The van der Waals surface area contributed by atoms with E-state index in [1.165, 1.54) is 12.1 Å². The van der Waals surface area contributed by atoms with E-state index in [0.717, 1.165) is 25.1 Å². The maximum absolute atomic E-state index is 12.0. The van der Waals surface area contributed by atoms with E-state index in [1.54, 1.807) is 13.0 Å². The molecule has 1 aliphatic heterocycles. The van der Waals surface area contributed by atoms with Crippen LogP contribution in [0.15, 0.2) is 18.2 Å². The number of hydrogen-bond donors (Lipinski definition) is 2. The van der Waals surface area contributed by atoms with Crippen molar-refractivity contribution in [1.82, 2.24) is 10.6 Å². The van der Waals surface area contributed by atoms with E-state index in [-0.39, 0.29) is 17.6 Å². The van der Waals surface area contributed by atoms with E-state index in [2.05, 4.69) is 10.6 Å². The molecule has 0 radical (unpaired) electrons. The topological polar surface area (TPSA) is 84.3 Å². The number of rotatable bonds is 3. The van der Waals surface area contributed by atoms with Gasteiger partial charge in [-0.3, -0.25) is 14.9 Å². The van der Waals surface area contributed by atoms with Crippen LogP contribution in [0.25, 0.3) is 0 Å². The highest BCUT2D eigenvalue weighted by Crippen LogP contribution is 2.17. The van der Waals surface area contributed by atoms with Crippen LogP contribution in [0.5, 0.6) is 0 Å². The molecule has 1 aliphatic rings. The van der Waals surface area contributed by atoms with Gasteiger partial charge in [0, 0.05) is 30.3 Å². The Labute approximate surface area is 105 Å². The van der Waals surface area contributed by atoms with Crippen molar-refractivity contribution in [2.24, 2.45) is 0 Å². The van der Waals surface area contributed by atoms with Gasteiger partial charge < -0.3 is 10.6 Å². The minimum absolute atomic E-state index is 0.0599. The largest absolute Gasteiger partial charge is 0.348 e. The number of nitrogens with zero attached hydrogens (tertiary/aromatic N) is 1. The van der Waals surface area contributed by atoms with Gasteiger partial charge in [-0.1, -0.05) is 6.07 Å². The maximum Gasteiger partial charge on any atom is 0.270 e. The second-order valence-corrected chi connectivity index (χ2v) is 4.42. The molecular formula is C12H15N3O3. The lowest BCUT2D eigenvalue weighted by molar-refractivity contribution is -0.384. The molecule has 1 saturated heterocycles. The predicted molar refractivity (Wildman–Crippen MR) is 66.6 cm³/mol. The van der Waals surface area contributed by atoms with Crippen LogP contribution >= 0.6 is 0 Å². The van der Waals surface area contributed by atoms with Gasteiger partial charge in [0.25, 0.3) is 11.6 Å². The van der Waals surface area contributed by atoms with Crippen LogP contribution in [0.2, 0.25) is 0 Å². The summed E-state index contributed by atoms with van der Waals surface area (Å²) in [5.41, 5.74) is 1.05. The van der Waals surface area contributed by atoms with Crippen molar-refractivity contribution in [3.05, 3.63) is 39.4 Å². The number of carbonyl (C=O) groups is 1. The third kappa shape index (κ3) is 2.65. The average Bonchev–Trinajstić information content (AvgIpc) is 2.81. The summed E-state index contributed by atoms with van der Waals surface area (Å²) >= 11 is 0. The van der Waals surface area contributed by atoms with Crippen LogP contribution in [0, 0.1) is 17.0 Å². The Kier molecular flexibility index (Phi) is 3.57. The van der Waals surface area contributed by atoms with Crippen LogP contribution in [0.1, 0.15) is 22.3 Å². The van der Waals surface area contributed by atoms with Crippen molar-refractivity contribution in [2.75, 3.05) is 13.1 Å². The van der Waals surface area contributed by atoms with Gasteiger partial charge in [-0.2, -0.15) is 0 Å². The summed E-state index contributed by atoms with van der Waals surface area (Å²) in [5.74, 6) is -0.245. The molecular weight excluding hydrogens is 234 g/mol. The first-order valence-electron chi connectivity index (χ1n) is 5.84. The first-order chi connectivity index (χ1) is 8.58. The van der Waals surface area contributed by atoms with E-state index in [1.807, 2.05) is 0 Å². The third-order valence-corrected chi connectivity index (χ3v) is 3.07. The minimum atomic E-state index is -0.493. The van der Waals surface area contributed by atoms with Crippen molar-refractivity contribution >= 4 is 11.6 Å². The fourth-order valence-corrected chi connectivity index (χ4v) is 2.01. The Morgan fingerprint density at radius 3 is 2.94 bits per heavy atom.